The van der Waals surface area contributed by atoms with Gasteiger partial charge in [0.25, 0.3) is 0 Å². The SMILES string of the molecule is CCCNC(=O)CC(CN)NCC(C)C. The van der Waals surface area contributed by atoms with Crippen LogP contribution in [0.15, 0.2) is 0 Å². The molecule has 4 nitrogen and oxygen atoms in total. The van der Waals surface area contributed by atoms with Gasteiger partial charge in [-0.2, -0.15) is 0 Å². The smallest absolute Gasteiger partial charge is 0.221 e. The van der Waals surface area contributed by atoms with Crippen LogP contribution in [0.5, 0.6) is 0 Å². The zero-order chi connectivity index (χ0) is 11.7. The molecule has 0 fully saturated rings. The summed E-state index contributed by atoms with van der Waals surface area (Å²) in [5, 5.41) is 6.14. The van der Waals surface area contributed by atoms with Crippen molar-refractivity contribution in [1.29, 1.82) is 0 Å². The molecule has 0 spiro atoms. The molecule has 0 aliphatic heterocycles. The molecule has 0 aromatic carbocycles. The maximum atomic E-state index is 11.4. The van der Waals surface area contributed by atoms with Crippen molar-refractivity contribution < 1.29 is 4.79 Å². The average Bonchev–Trinajstić information content (AvgIpc) is 2.20. The average molecular weight is 215 g/mol. The van der Waals surface area contributed by atoms with E-state index >= 15 is 0 Å². The number of nitrogens with two attached hydrogens (primary N) is 1. The van der Waals surface area contributed by atoms with Gasteiger partial charge in [0.2, 0.25) is 5.91 Å². The Kier molecular flexibility index (Phi) is 8.33. The summed E-state index contributed by atoms with van der Waals surface area (Å²) in [5.41, 5.74) is 5.59. The van der Waals surface area contributed by atoms with Crippen LogP contribution < -0.4 is 16.4 Å². The van der Waals surface area contributed by atoms with Gasteiger partial charge in [-0.1, -0.05) is 20.8 Å². The van der Waals surface area contributed by atoms with Crippen molar-refractivity contribution in [2.75, 3.05) is 19.6 Å². The highest BCUT2D eigenvalue weighted by Crippen LogP contribution is 1.94. The summed E-state index contributed by atoms with van der Waals surface area (Å²) >= 11 is 0. The van der Waals surface area contributed by atoms with Gasteiger partial charge in [-0.3, -0.25) is 4.79 Å². The first-order chi connectivity index (χ1) is 7.10. The highest BCUT2D eigenvalue weighted by Gasteiger charge is 2.11. The Morgan fingerprint density at radius 2 is 2.07 bits per heavy atom. The Morgan fingerprint density at radius 3 is 2.53 bits per heavy atom. The Hall–Kier alpha value is -0.610. The molecular weight excluding hydrogens is 190 g/mol. The zero-order valence-corrected chi connectivity index (χ0v) is 10.2. The van der Waals surface area contributed by atoms with E-state index in [1.54, 1.807) is 0 Å². The monoisotopic (exact) mass is 215 g/mol. The number of rotatable bonds is 8. The summed E-state index contributed by atoms with van der Waals surface area (Å²) < 4.78 is 0. The molecule has 0 saturated heterocycles. The number of hydrogen-bond donors (Lipinski definition) is 3. The molecule has 1 amide bonds. The normalized spacial score (nSPS) is 12.9. The van der Waals surface area contributed by atoms with Crippen molar-refractivity contribution in [3.05, 3.63) is 0 Å². The van der Waals surface area contributed by atoms with Crippen molar-refractivity contribution in [2.24, 2.45) is 11.7 Å². The van der Waals surface area contributed by atoms with Gasteiger partial charge in [0.15, 0.2) is 0 Å². The fourth-order valence-corrected chi connectivity index (χ4v) is 1.20. The summed E-state index contributed by atoms with van der Waals surface area (Å²) in [5.74, 6) is 0.668. The van der Waals surface area contributed by atoms with E-state index in [0.717, 1.165) is 19.5 Å². The largest absolute Gasteiger partial charge is 0.356 e. The van der Waals surface area contributed by atoms with Gasteiger partial charge in [-0.05, 0) is 18.9 Å². The van der Waals surface area contributed by atoms with Crippen molar-refractivity contribution >= 4 is 5.91 Å². The van der Waals surface area contributed by atoms with Gasteiger partial charge in [0, 0.05) is 25.6 Å². The lowest BCUT2D eigenvalue weighted by atomic mass is 10.1. The number of amides is 1. The van der Waals surface area contributed by atoms with Crippen LogP contribution in [0.1, 0.15) is 33.6 Å². The minimum Gasteiger partial charge on any atom is -0.356 e. The van der Waals surface area contributed by atoms with E-state index in [-0.39, 0.29) is 11.9 Å². The van der Waals surface area contributed by atoms with E-state index in [0.29, 0.717) is 18.9 Å². The second kappa shape index (κ2) is 8.68. The van der Waals surface area contributed by atoms with E-state index < -0.39 is 0 Å². The van der Waals surface area contributed by atoms with Gasteiger partial charge < -0.3 is 16.4 Å². The van der Waals surface area contributed by atoms with Crippen LogP contribution >= 0.6 is 0 Å². The molecule has 15 heavy (non-hydrogen) atoms. The molecular formula is C11H25N3O. The van der Waals surface area contributed by atoms with Crippen molar-refractivity contribution in [2.45, 2.75) is 39.7 Å². The zero-order valence-electron chi connectivity index (χ0n) is 10.2. The first kappa shape index (κ1) is 14.4. The third kappa shape index (κ3) is 8.39. The highest BCUT2D eigenvalue weighted by molar-refractivity contribution is 5.76. The summed E-state index contributed by atoms with van der Waals surface area (Å²) in [4.78, 5) is 11.4. The molecule has 0 aliphatic rings. The summed E-state index contributed by atoms with van der Waals surface area (Å²) in [6, 6.07) is 0.101. The van der Waals surface area contributed by atoms with Crippen molar-refractivity contribution in [3.63, 3.8) is 0 Å². The Balaban J connectivity index is 3.72. The van der Waals surface area contributed by atoms with E-state index in [1.807, 2.05) is 6.92 Å². The summed E-state index contributed by atoms with van der Waals surface area (Å²) in [6.07, 6.45) is 1.45. The fraction of sp³-hybridized carbons (Fsp3) is 0.909. The van der Waals surface area contributed by atoms with Gasteiger partial charge in [-0.25, -0.2) is 0 Å². The molecule has 0 bridgehead atoms. The molecule has 0 aromatic heterocycles. The predicted octanol–water partition coefficient (Wildman–Crippen LogP) is 0.476. The Labute approximate surface area is 93.0 Å². The molecule has 0 saturated carbocycles. The van der Waals surface area contributed by atoms with Crippen molar-refractivity contribution in [3.8, 4) is 0 Å². The van der Waals surface area contributed by atoms with Crippen LogP contribution in [-0.2, 0) is 4.79 Å². The van der Waals surface area contributed by atoms with Gasteiger partial charge in [0.1, 0.15) is 0 Å². The molecule has 0 heterocycles. The minimum atomic E-state index is 0.0866. The molecule has 0 radical (unpaired) electrons. The minimum absolute atomic E-state index is 0.0866. The lowest BCUT2D eigenvalue weighted by Gasteiger charge is -2.17. The van der Waals surface area contributed by atoms with Gasteiger partial charge in [0.05, 0.1) is 0 Å². The lowest BCUT2D eigenvalue weighted by molar-refractivity contribution is -0.121. The Bertz CT molecular complexity index is 171. The van der Waals surface area contributed by atoms with Gasteiger partial charge >= 0.3 is 0 Å². The standard InChI is InChI=1S/C11H25N3O/c1-4-5-13-11(15)6-10(7-12)14-8-9(2)3/h9-10,14H,4-8,12H2,1-3H3,(H,13,15). The highest BCUT2D eigenvalue weighted by atomic mass is 16.1. The predicted molar refractivity (Wildman–Crippen MR) is 63.6 cm³/mol. The molecule has 4 heteroatoms. The molecule has 0 rings (SSSR count). The van der Waals surface area contributed by atoms with Crippen LogP contribution in [0.25, 0.3) is 0 Å². The second-order valence-corrected chi connectivity index (χ2v) is 4.29. The number of carbonyl (C=O) groups is 1. The van der Waals surface area contributed by atoms with E-state index in [2.05, 4.69) is 24.5 Å². The first-order valence-electron chi connectivity index (χ1n) is 5.80. The Morgan fingerprint density at radius 1 is 1.40 bits per heavy atom. The molecule has 0 aliphatic carbocycles. The van der Waals surface area contributed by atoms with E-state index in [9.17, 15) is 4.79 Å². The van der Waals surface area contributed by atoms with Crippen LogP contribution in [0, 0.1) is 5.92 Å². The third-order valence-corrected chi connectivity index (χ3v) is 2.10. The fourth-order valence-electron chi connectivity index (χ4n) is 1.20. The van der Waals surface area contributed by atoms with E-state index in [1.165, 1.54) is 0 Å². The maximum absolute atomic E-state index is 11.4. The second-order valence-electron chi connectivity index (χ2n) is 4.29. The number of nitrogens with one attached hydrogen (secondary N) is 2. The van der Waals surface area contributed by atoms with Crippen LogP contribution in [0.2, 0.25) is 0 Å². The molecule has 90 valence electrons. The summed E-state index contributed by atoms with van der Waals surface area (Å²) in [6.45, 7) is 8.47. The van der Waals surface area contributed by atoms with Crippen molar-refractivity contribution in [1.82, 2.24) is 10.6 Å². The van der Waals surface area contributed by atoms with Gasteiger partial charge in [-0.15, -0.1) is 0 Å². The van der Waals surface area contributed by atoms with E-state index in [4.69, 9.17) is 5.73 Å². The summed E-state index contributed by atoms with van der Waals surface area (Å²) in [7, 11) is 0. The topological polar surface area (TPSA) is 67.2 Å². The third-order valence-electron chi connectivity index (χ3n) is 2.10. The molecule has 1 unspecified atom stereocenters. The van der Waals surface area contributed by atoms with Crippen LogP contribution in [0.4, 0.5) is 0 Å². The number of hydrogen-bond acceptors (Lipinski definition) is 3. The molecule has 4 N–H and O–H groups in total. The number of carbonyl (C=O) groups excluding carboxylic acids is 1. The lowest BCUT2D eigenvalue weighted by Crippen LogP contribution is -2.42. The first-order valence-corrected chi connectivity index (χ1v) is 5.80. The maximum Gasteiger partial charge on any atom is 0.221 e. The molecule has 1 atom stereocenters. The van der Waals surface area contributed by atoms with Crippen LogP contribution in [-0.4, -0.2) is 31.6 Å². The molecule has 0 aromatic rings. The van der Waals surface area contributed by atoms with Crippen LogP contribution in [0.3, 0.4) is 0 Å². The quantitative estimate of drug-likeness (QED) is 0.551.